The molecule has 1 aromatic heterocycles. The fourth-order valence-corrected chi connectivity index (χ4v) is 4.01. The molecule has 1 aromatic carbocycles. The molecular formula is C17H17BrN2O3S. The van der Waals surface area contributed by atoms with Gasteiger partial charge >= 0.3 is 5.97 Å². The first-order valence-corrected chi connectivity index (χ1v) is 9.47. The van der Waals surface area contributed by atoms with Crippen molar-refractivity contribution < 1.29 is 14.7 Å². The van der Waals surface area contributed by atoms with Gasteiger partial charge in [0.1, 0.15) is 0 Å². The van der Waals surface area contributed by atoms with Crippen LogP contribution < -0.4 is 5.32 Å². The van der Waals surface area contributed by atoms with Gasteiger partial charge in [0, 0.05) is 15.4 Å². The van der Waals surface area contributed by atoms with E-state index >= 15 is 0 Å². The first kappa shape index (κ1) is 17.1. The largest absolute Gasteiger partial charge is 0.481 e. The lowest BCUT2D eigenvalue weighted by atomic mass is 9.79. The van der Waals surface area contributed by atoms with Gasteiger partial charge in [0.2, 0.25) is 5.91 Å². The molecule has 7 heteroatoms. The lowest BCUT2D eigenvalue weighted by molar-refractivity contribution is -0.147. The minimum Gasteiger partial charge on any atom is -0.481 e. The third-order valence-corrected chi connectivity index (χ3v) is 5.58. The van der Waals surface area contributed by atoms with E-state index in [0.29, 0.717) is 18.0 Å². The highest BCUT2D eigenvalue weighted by Crippen LogP contribution is 2.32. The normalized spacial score (nSPS) is 20.5. The smallest absolute Gasteiger partial charge is 0.307 e. The molecule has 0 spiro atoms. The second-order valence-electron chi connectivity index (χ2n) is 5.87. The molecule has 0 aliphatic heterocycles. The van der Waals surface area contributed by atoms with E-state index in [0.717, 1.165) is 28.6 Å². The third-order valence-electron chi connectivity index (χ3n) is 4.29. The average Bonchev–Trinajstić information content (AvgIpc) is 3.04. The maximum absolute atomic E-state index is 12.5. The van der Waals surface area contributed by atoms with Crippen molar-refractivity contribution in [2.24, 2.45) is 11.8 Å². The highest BCUT2D eigenvalue weighted by atomic mass is 79.9. The van der Waals surface area contributed by atoms with Crippen LogP contribution in [0.4, 0.5) is 5.13 Å². The molecule has 1 amide bonds. The fourth-order valence-electron chi connectivity index (χ4n) is 3.02. The van der Waals surface area contributed by atoms with Crippen LogP contribution in [0.2, 0.25) is 0 Å². The Morgan fingerprint density at radius 1 is 1.17 bits per heavy atom. The third kappa shape index (κ3) is 3.84. The van der Waals surface area contributed by atoms with Gasteiger partial charge in [-0.2, -0.15) is 0 Å². The summed E-state index contributed by atoms with van der Waals surface area (Å²) in [7, 11) is 0. The van der Waals surface area contributed by atoms with Gasteiger partial charge in [-0.15, -0.1) is 11.3 Å². The van der Waals surface area contributed by atoms with Crippen LogP contribution >= 0.6 is 27.3 Å². The summed E-state index contributed by atoms with van der Waals surface area (Å²) in [6.07, 6.45) is 2.94. The van der Waals surface area contributed by atoms with Gasteiger partial charge in [-0.05, 0) is 25.0 Å². The molecule has 0 radical (unpaired) electrons. The van der Waals surface area contributed by atoms with E-state index in [-0.39, 0.29) is 5.91 Å². The van der Waals surface area contributed by atoms with Crippen molar-refractivity contribution in [2.75, 3.05) is 5.32 Å². The summed E-state index contributed by atoms with van der Waals surface area (Å²) in [6, 6.07) is 7.78. The minimum atomic E-state index is -0.885. The number of anilines is 1. The number of aliphatic carboxylic acids is 1. The van der Waals surface area contributed by atoms with E-state index in [4.69, 9.17) is 0 Å². The first-order chi connectivity index (χ1) is 11.5. The molecule has 24 heavy (non-hydrogen) atoms. The van der Waals surface area contributed by atoms with Gasteiger partial charge in [-0.3, -0.25) is 9.59 Å². The number of carboxylic acids is 1. The maximum Gasteiger partial charge on any atom is 0.307 e. The predicted molar refractivity (Wildman–Crippen MR) is 97.0 cm³/mol. The van der Waals surface area contributed by atoms with E-state index < -0.39 is 17.8 Å². The molecule has 1 fully saturated rings. The zero-order valence-electron chi connectivity index (χ0n) is 12.9. The Morgan fingerprint density at radius 3 is 2.50 bits per heavy atom. The number of hydrogen-bond acceptors (Lipinski definition) is 4. The van der Waals surface area contributed by atoms with E-state index in [1.54, 1.807) is 0 Å². The average molecular weight is 409 g/mol. The molecule has 2 N–H and O–H groups in total. The number of rotatable bonds is 4. The number of carbonyl (C=O) groups is 2. The Hall–Kier alpha value is -1.73. The predicted octanol–water partition coefficient (Wildman–Crippen LogP) is 4.40. The van der Waals surface area contributed by atoms with Gasteiger partial charge < -0.3 is 10.4 Å². The van der Waals surface area contributed by atoms with E-state index in [2.05, 4.69) is 26.2 Å². The number of halogens is 1. The maximum atomic E-state index is 12.5. The molecule has 2 atom stereocenters. The molecule has 1 aliphatic rings. The van der Waals surface area contributed by atoms with Crippen molar-refractivity contribution >= 4 is 44.3 Å². The first-order valence-electron chi connectivity index (χ1n) is 7.80. The van der Waals surface area contributed by atoms with Gasteiger partial charge in [0.05, 0.1) is 17.5 Å². The van der Waals surface area contributed by atoms with Crippen molar-refractivity contribution in [1.82, 2.24) is 4.98 Å². The highest BCUT2D eigenvalue weighted by molar-refractivity contribution is 9.10. The van der Waals surface area contributed by atoms with Crippen LogP contribution in [0.1, 0.15) is 25.7 Å². The summed E-state index contributed by atoms with van der Waals surface area (Å²) in [4.78, 5) is 28.2. The van der Waals surface area contributed by atoms with Crippen LogP contribution in [-0.4, -0.2) is 22.0 Å². The van der Waals surface area contributed by atoms with Crippen molar-refractivity contribution in [1.29, 1.82) is 0 Å². The molecule has 3 rings (SSSR count). The van der Waals surface area contributed by atoms with Crippen LogP contribution in [0.5, 0.6) is 0 Å². The molecule has 0 unspecified atom stereocenters. The summed E-state index contributed by atoms with van der Waals surface area (Å²) >= 11 is 4.74. The van der Waals surface area contributed by atoms with Crippen LogP contribution in [0.3, 0.4) is 0 Å². The molecular weight excluding hydrogens is 392 g/mol. The zero-order chi connectivity index (χ0) is 17.1. The highest BCUT2D eigenvalue weighted by Gasteiger charge is 2.35. The molecule has 1 heterocycles. The SMILES string of the molecule is O=C(O)[C@H]1CCCC[C@H]1C(=O)Nc1nc(-c2ccc(Br)cc2)cs1. The van der Waals surface area contributed by atoms with E-state index in [1.165, 1.54) is 11.3 Å². The topological polar surface area (TPSA) is 79.3 Å². The summed E-state index contributed by atoms with van der Waals surface area (Å²) in [5.74, 6) is -2.19. The number of hydrogen-bond donors (Lipinski definition) is 2. The molecule has 1 saturated carbocycles. The number of carbonyl (C=O) groups excluding carboxylic acids is 1. The van der Waals surface area contributed by atoms with Gasteiger partial charge in [0.25, 0.3) is 0 Å². The number of thiazole rings is 1. The number of amides is 1. The molecule has 5 nitrogen and oxygen atoms in total. The Kier molecular flexibility index (Phi) is 5.30. The summed E-state index contributed by atoms with van der Waals surface area (Å²) in [6.45, 7) is 0. The van der Waals surface area contributed by atoms with Crippen LogP contribution in [-0.2, 0) is 9.59 Å². The van der Waals surface area contributed by atoms with Crippen molar-refractivity contribution in [3.63, 3.8) is 0 Å². The Labute approximate surface area is 152 Å². The second kappa shape index (κ2) is 7.44. The zero-order valence-corrected chi connectivity index (χ0v) is 15.3. The minimum absolute atomic E-state index is 0.237. The standard InChI is InChI=1S/C17H17BrN2O3S/c18-11-7-5-10(6-8-11)14-9-24-17(19-14)20-15(21)12-3-1-2-4-13(12)16(22)23/h5-9,12-13H,1-4H2,(H,22,23)(H,19,20,21)/t12-,13+/m1/s1. The van der Waals surface area contributed by atoms with Crippen LogP contribution in [0.15, 0.2) is 34.1 Å². The van der Waals surface area contributed by atoms with E-state index in [9.17, 15) is 14.7 Å². The number of aromatic nitrogens is 1. The number of nitrogens with one attached hydrogen (secondary N) is 1. The van der Waals surface area contributed by atoms with Crippen molar-refractivity contribution in [3.05, 3.63) is 34.1 Å². The van der Waals surface area contributed by atoms with Gasteiger partial charge in [-0.25, -0.2) is 4.98 Å². The van der Waals surface area contributed by atoms with Gasteiger partial charge in [0.15, 0.2) is 5.13 Å². The summed E-state index contributed by atoms with van der Waals surface area (Å²) in [5, 5.41) is 14.5. The Balaban J connectivity index is 1.70. The van der Waals surface area contributed by atoms with Crippen LogP contribution in [0, 0.1) is 11.8 Å². The lowest BCUT2D eigenvalue weighted by Gasteiger charge is -2.26. The van der Waals surface area contributed by atoms with E-state index in [1.807, 2.05) is 29.6 Å². The lowest BCUT2D eigenvalue weighted by Crippen LogP contribution is -2.36. The molecule has 2 aromatic rings. The monoisotopic (exact) mass is 408 g/mol. The molecule has 1 aliphatic carbocycles. The van der Waals surface area contributed by atoms with Crippen molar-refractivity contribution in [3.8, 4) is 11.3 Å². The van der Waals surface area contributed by atoms with Gasteiger partial charge in [-0.1, -0.05) is 40.9 Å². The Morgan fingerprint density at radius 2 is 1.83 bits per heavy atom. The quantitative estimate of drug-likeness (QED) is 0.785. The van der Waals surface area contributed by atoms with Crippen LogP contribution in [0.25, 0.3) is 11.3 Å². The fraction of sp³-hybridized carbons (Fsp3) is 0.353. The Bertz CT molecular complexity index is 745. The summed E-state index contributed by atoms with van der Waals surface area (Å²) in [5.41, 5.74) is 1.76. The molecule has 0 bridgehead atoms. The van der Waals surface area contributed by atoms with Crippen molar-refractivity contribution in [2.45, 2.75) is 25.7 Å². The number of carboxylic acid groups (broad SMARTS) is 1. The number of benzene rings is 1. The summed E-state index contributed by atoms with van der Waals surface area (Å²) < 4.78 is 0.993. The second-order valence-corrected chi connectivity index (χ2v) is 7.64. The molecule has 0 saturated heterocycles. The number of nitrogens with zero attached hydrogens (tertiary/aromatic N) is 1. The molecule has 126 valence electrons.